The van der Waals surface area contributed by atoms with Gasteiger partial charge in [0.05, 0.1) is 20.6 Å². The standard InChI is InChI=1S/C16H21N3O5/c1-5-16(2)14(21)19(15(22)17-16)18-13(20)8-10-6-7-11(23-3)9-12(10)24-4/h6-7,9H,5,8H2,1-4H3,(H,17,22)(H,18,20)/t16-/m0/s1. The maximum absolute atomic E-state index is 12.2. The van der Waals surface area contributed by atoms with Crippen LogP contribution in [0, 0.1) is 0 Å². The molecule has 1 aromatic rings. The van der Waals surface area contributed by atoms with Crippen molar-refractivity contribution in [2.45, 2.75) is 32.2 Å². The number of urea groups is 1. The maximum atomic E-state index is 12.2. The van der Waals surface area contributed by atoms with Crippen molar-refractivity contribution in [3.63, 3.8) is 0 Å². The highest BCUT2D eigenvalue weighted by atomic mass is 16.5. The van der Waals surface area contributed by atoms with Crippen LogP contribution in [0.4, 0.5) is 4.79 Å². The van der Waals surface area contributed by atoms with Gasteiger partial charge in [0.15, 0.2) is 0 Å². The van der Waals surface area contributed by atoms with Gasteiger partial charge < -0.3 is 14.8 Å². The Morgan fingerprint density at radius 1 is 1.29 bits per heavy atom. The summed E-state index contributed by atoms with van der Waals surface area (Å²) in [6, 6.07) is 4.41. The summed E-state index contributed by atoms with van der Waals surface area (Å²) in [7, 11) is 3.02. The third kappa shape index (κ3) is 3.27. The quantitative estimate of drug-likeness (QED) is 0.756. The number of carbonyl (C=O) groups is 3. The Bertz CT molecular complexity index is 676. The molecule has 1 fully saturated rings. The number of benzene rings is 1. The van der Waals surface area contributed by atoms with Crippen LogP contribution in [0.2, 0.25) is 0 Å². The van der Waals surface area contributed by atoms with Gasteiger partial charge in [-0.05, 0) is 19.4 Å². The Morgan fingerprint density at radius 2 is 2.00 bits per heavy atom. The van der Waals surface area contributed by atoms with Crippen molar-refractivity contribution in [1.82, 2.24) is 15.8 Å². The third-order valence-electron chi connectivity index (χ3n) is 4.05. The highest BCUT2D eigenvalue weighted by molar-refractivity contribution is 6.07. The van der Waals surface area contributed by atoms with Crippen molar-refractivity contribution in [1.29, 1.82) is 0 Å². The van der Waals surface area contributed by atoms with Gasteiger partial charge in [-0.3, -0.25) is 15.0 Å². The number of nitrogens with zero attached hydrogens (tertiary/aromatic N) is 1. The summed E-state index contributed by atoms with van der Waals surface area (Å²) in [5, 5.41) is 3.29. The number of ether oxygens (including phenoxy) is 2. The van der Waals surface area contributed by atoms with E-state index >= 15 is 0 Å². The molecule has 1 atom stereocenters. The van der Waals surface area contributed by atoms with Crippen molar-refractivity contribution in [2.24, 2.45) is 0 Å². The minimum Gasteiger partial charge on any atom is -0.497 e. The summed E-state index contributed by atoms with van der Waals surface area (Å²) in [6.07, 6.45) is 0.378. The molecule has 1 saturated heterocycles. The number of carbonyl (C=O) groups excluding carboxylic acids is 3. The highest BCUT2D eigenvalue weighted by Gasteiger charge is 2.47. The van der Waals surface area contributed by atoms with Crippen molar-refractivity contribution in [3.8, 4) is 11.5 Å². The van der Waals surface area contributed by atoms with Crippen LogP contribution in [0.15, 0.2) is 18.2 Å². The summed E-state index contributed by atoms with van der Waals surface area (Å²) in [5.74, 6) is 0.108. The van der Waals surface area contributed by atoms with Crippen LogP contribution >= 0.6 is 0 Å². The first kappa shape index (κ1) is 17.6. The molecule has 1 heterocycles. The fourth-order valence-electron chi connectivity index (χ4n) is 2.36. The zero-order valence-electron chi connectivity index (χ0n) is 14.1. The van der Waals surface area contributed by atoms with Gasteiger partial charge in [0.1, 0.15) is 17.0 Å². The molecule has 1 aromatic carbocycles. The third-order valence-corrected chi connectivity index (χ3v) is 4.05. The number of imide groups is 1. The van der Waals surface area contributed by atoms with Crippen LogP contribution in [-0.2, 0) is 16.0 Å². The van der Waals surface area contributed by atoms with Gasteiger partial charge in [0.2, 0.25) is 5.91 Å². The van der Waals surface area contributed by atoms with Crippen LogP contribution < -0.4 is 20.2 Å². The average molecular weight is 335 g/mol. The first-order valence-electron chi connectivity index (χ1n) is 7.51. The second-order valence-electron chi connectivity index (χ2n) is 5.65. The molecule has 8 heteroatoms. The van der Waals surface area contributed by atoms with Crippen LogP contribution in [0.1, 0.15) is 25.8 Å². The first-order valence-corrected chi connectivity index (χ1v) is 7.51. The van der Waals surface area contributed by atoms with E-state index in [4.69, 9.17) is 9.47 Å². The van der Waals surface area contributed by atoms with Gasteiger partial charge in [0, 0.05) is 11.6 Å². The second kappa shape index (κ2) is 6.77. The van der Waals surface area contributed by atoms with Crippen molar-refractivity contribution in [2.75, 3.05) is 14.2 Å². The molecule has 2 N–H and O–H groups in total. The summed E-state index contributed by atoms with van der Waals surface area (Å²) in [4.78, 5) is 36.4. The Hall–Kier alpha value is -2.77. The molecule has 4 amide bonds. The number of amides is 4. The molecule has 1 aliphatic heterocycles. The summed E-state index contributed by atoms with van der Waals surface area (Å²) in [6.45, 7) is 3.40. The van der Waals surface area contributed by atoms with Crippen molar-refractivity contribution < 1.29 is 23.9 Å². The normalized spacial score (nSPS) is 19.9. The second-order valence-corrected chi connectivity index (χ2v) is 5.65. The number of nitrogens with one attached hydrogen (secondary N) is 2. The zero-order valence-corrected chi connectivity index (χ0v) is 14.1. The number of hydrazine groups is 1. The smallest absolute Gasteiger partial charge is 0.344 e. The summed E-state index contributed by atoms with van der Waals surface area (Å²) in [5.41, 5.74) is 1.96. The molecule has 0 bridgehead atoms. The summed E-state index contributed by atoms with van der Waals surface area (Å²) < 4.78 is 10.3. The van der Waals surface area contributed by atoms with E-state index in [1.165, 1.54) is 14.2 Å². The van der Waals surface area contributed by atoms with Crippen LogP contribution in [0.25, 0.3) is 0 Å². The molecule has 0 spiro atoms. The fourth-order valence-corrected chi connectivity index (χ4v) is 2.36. The Kier molecular flexibility index (Phi) is 4.96. The lowest BCUT2D eigenvalue weighted by molar-refractivity contribution is -0.138. The Morgan fingerprint density at radius 3 is 2.54 bits per heavy atom. The molecule has 0 aromatic heterocycles. The van der Waals surface area contributed by atoms with Crippen LogP contribution in [-0.4, -0.2) is 42.6 Å². The largest absolute Gasteiger partial charge is 0.497 e. The lowest BCUT2D eigenvalue weighted by Gasteiger charge is -2.19. The molecule has 2 rings (SSSR count). The topological polar surface area (TPSA) is 97.0 Å². The lowest BCUT2D eigenvalue weighted by atomic mass is 10.00. The molecule has 0 saturated carbocycles. The van der Waals surface area contributed by atoms with Crippen LogP contribution in [0.3, 0.4) is 0 Å². The van der Waals surface area contributed by atoms with Crippen molar-refractivity contribution in [3.05, 3.63) is 23.8 Å². The van der Waals surface area contributed by atoms with E-state index in [0.29, 0.717) is 23.5 Å². The SMILES string of the molecule is CC[C@]1(C)NC(=O)N(NC(=O)Cc2ccc(OC)cc2OC)C1=O. The highest BCUT2D eigenvalue weighted by Crippen LogP contribution is 2.25. The van der Waals surface area contributed by atoms with Crippen LogP contribution in [0.5, 0.6) is 11.5 Å². The average Bonchev–Trinajstić information content (AvgIpc) is 2.79. The van der Waals surface area contributed by atoms with Gasteiger partial charge in [-0.2, -0.15) is 5.01 Å². The van der Waals surface area contributed by atoms with Gasteiger partial charge in [-0.15, -0.1) is 0 Å². The number of hydrogen-bond donors (Lipinski definition) is 2. The van der Waals surface area contributed by atoms with E-state index in [0.717, 1.165) is 5.01 Å². The van der Waals surface area contributed by atoms with Gasteiger partial charge >= 0.3 is 6.03 Å². The van der Waals surface area contributed by atoms with E-state index < -0.39 is 23.4 Å². The molecular weight excluding hydrogens is 314 g/mol. The first-order chi connectivity index (χ1) is 11.3. The van der Waals surface area contributed by atoms with E-state index in [1.54, 1.807) is 32.0 Å². The molecule has 0 unspecified atom stereocenters. The van der Waals surface area contributed by atoms with Gasteiger partial charge in [-0.25, -0.2) is 4.79 Å². The summed E-state index contributed by atoms with van der Waals surface area (Å²) >= 11 is 0. The van der Waals surface area contributed by atoms with Gasteiger partial charge in [-0.1, -0.05) is 13.0 Å². The molecular formula is C16H21N3O5. The predicted octanol–water partition coefficient (Wildman–Crippen LogP) is 0.998. The maximum Gasteiger partial charge on any atom is 0.344 e. The molecule has 0 radical (unpaired) electrons. The Balaban J connectivity index is 2.09. The van der Waals surface area contributed by atoms with E-state index in [2.05, 4.69) is 10.7 Å². The molecule has 8 nitrogen and oxygen atoms in total. The molecule has 130 valence electrons. The van der Waals surface area contributed by atoms with E-state index in [-0.39, 0.29) is 6.42 Å². The number of methoxy groups -OCH3 is 2. The zero-order chi connectivity index (χ0) is 17.9. The minimum absolute atomic E-state index is 0.0485. The van der Waals surface area contributed by atoms with Gasteiger partial charge in [0.25, 0.3) is 5.91 Å². The molecule has 0 aliphatic carbocycles. The minimum atomic E-state index is -0.998. The Labute approximate surface area is 140 Å². The molecule has 1 aliphatic rings. The number of hydrogen-bond acceptors (Lipinski definition) is 5. The van der Waals surface area contributed by atoms with Crippen molar-refractivity contribution >= 4 is 17.8 Å². The predicted molar refractivity (Wildman–Crippen MR) is 85.5 cm³/mol. The lowest BCUT2D eigenvalue weighted by Crippen LogP contribution is -2.49. The number of rotatable bonds is 6. The van der Waals surface area contributed by atoms with E-state index in [1.807, 2.05) is 0 Å². The monoisotopic (exact) mass is 335 g/mol. The molecule has 24 heavy (non-hydrogen) atoms. The van der Waals surface area contributed by atoms with E-state index in [9.17, 15) is 14.4 Å². The fraction of sp³-hybridized carbons (Fsp3) is 0.438.